The molecule has 126 valence electrons. The van der Waals surface area contributed by atoms with Crippen LogP contribution in [0, 0.1) is 6.92 Å². The van der Waals surface area contributed by atoms with Gasteiger partial charge in [0.25, 0.3) is 0 Å². The van der Waals surface area contributed by atoms with E-state index in [-0.39, 0.29) is 0 Å². The number of rotatable bonds is 3. The largest absolute Gasteiger partial charge is 0.479 e. The number of carbonyl (C=O) groups is 2. The second-order valence-corrected chi connectivity index (χ2v) is 7.23. The van der Waals surface area contributed by atoms with Crippen molar-refractivity contribution in [3.8, 4) is 0 Å². The Hall–Kier alpha value is -2.04. The molecule has 0 bridgehead atoms. The van der Waals surface area contributed by atoms with Crippen LogP contribution < -0.4 is 0 Å². The van der Waals surface area contributed by atoms with E-state index in [0.717, 1.165) is 11.1 Å². The molecule has 0 aromatic heterocycles. The average molecular weight is 319 g/mol. The number of ether oxygens (including phenoxy) is 1. The van der Waals surface area contributed by atoms with Gasteiger partial charge in [0, 0.05) is 13.0 Å². The highest BCUT2D eigenvalue weighted by Gasteiger charge is 2.51. The van der Waals surface area contributed by atoms with Crippen molar-refractivity contribution >= 4 is 12.1 Å². The molecule has 1 saturated heterocycles. The first-order chi connectivity index (χ1) is 10.6. The molecule has 1 fully saturated rings. The molecule has 0 radical (unpaired) electrons. The van der Waals surface area contributed by atoms with E-state index in [4.69, 9.17) is 4.74 Å². The fourth-order valence-electron chi connectivity index (χ4n) is 2.99. The maximum atomic E-state index is 12.5. The van der Waals surface area contributed by atoms with Crippen molar-refractivity contribution in [2.75, 3.05) is 6.54 Å². The van der Waals surface area contributed by atoms with Crippen LogP contribution in [0.3, 0.4) is 0 Å². The minimum Gasteiger partial charge on any atom is -0.479 e. The van der Waals surface area contributed by atoms with Crippen LogP contribution in [0.2, 0.25) is 0 Å². The van der Waals surface area contributed by atoms with E-state index in [2.05, 4.69) is 0 Å². The number of hydrogen-bond donors (Lipinski definition) is 1. The second-order valence-electron chi connectivity index (χ2n) is 7.23. The lowest BCUT2D eigenvalue weighted by molar-refractivity contribution is -0.149. The van der Waals surface area contributed by atoms with Crippen molar-refractivity contribution in [1.29, 1.82) is 0 Å². The molecule has 0 saturated carbocycles. The number of nitrogens with zero attached hydrogens (tertiary/aromatic N) is 1. The average Bonchev–Trinajstić information content (AvgIpc) is 2.84. The third-order valence-electron chi connectivity index (χ3n) is 4.12. The summed E-state index contributed by atoms with van der Waals surface area (Å²) in [7, 11) is 0. The van der Waals surface area contributed by atoms with Crippen LogP contribution in [-0.2, 0) is 16.0 Å². The smallest absolute Gasteiger partial charge is 0.411 e. The predicted molar refractivity (Wildman–Crippen MR) is 87.4 cm³/mol. The molecule has 1 atom stereocenters. The van der Waals surface area contributed by atoms with E-state index in [1.54, 1.807) is 20.8 Å². The van der Waals surface area contributed by atoms with Crippen LogP contribution in [0.4, 0.5) is 4.79 Å². The minimum atomic E-state index is -1.22. The first-order valence-corrected chi connectivity index (χ1v) is 7.94. The highest BCUT2D eigenvalue weighted by atomic mass is 16.6. The summed E-state index contributed by atoms with van der Waals surface area (Å²) in [6.07, 6.45) is 0.846. The second kappa shape index (κ2) is 6.22. The van der Waals surface area contributed by atoms with Crippen LogP contribution in [-0.4, -0.2) is 39.8 Å². The third-order valence-corrected chi connectivity index (χ3v) is 4.12. The molecule has 0 spiro atoms. The van der Waals surface area contributed by atoms with Crippen LogP contribution in [0.1, 0.15) is 44.7 Å². The summed E-state index contributed by atoms with van der Waals surface area (Å²) < 4.78 is 5.41. The number of aryl methyl sites for hydroxylation is 1. The van der Waals surface area contributed by atoms with E-state index in [1.165, 1.54) is 4.90 Å². The molecule has 23 heavy (non-hydrogen) atoms. The number of hydrogen-bond acceptors (Lipinski definition) is 3. The normalized spacial score (nSPS) is 21.3. The van der Waals surface area contributed by atoms with Crippen molar-refractivity contribution in [2.24, 2.45) is 0 Å². The number of carboxylic acids is 1. The Balaban J connectivity index is 2.29. The monoisotopic (exact) mass is 319 g/mol. The molecule has 5 heteroatoms. The van der Waals surface area contributed by atoms with Crippen molar-refractivity contribution in [3.63, 3.8) is 0 Å². The molecular formula is C18H25NO4. The Morgan fingerprint density at radius 1 is 1.26 bits per heavy atom. The van der Waals surface area contributed by atoms with E-state index in [0.29, 0.717) is 25.8 Å². The molecule has 1 heterocycles. The summed E-state index contributed by atoms with van der Waals surface area (Å²) in [6, 6.07) is 7.76. The minimum absolute atomic E-state index is 0.294. The Morgan fingerprint density at radius 3 is 2.39 bits per heavy atom. The molecule has 1 aliphatic rings. The third kappa shape index (κ3) is 3.84. The maximum Gasteiger partial charge on any atom is 0.411 e. The molecular weight excluding hydrogens is 294 g/mol. The SMILES string of the molecule is Cc1ccc(CC2(C(=O)O)CCCN2C(=O)OC(C)(C)C)cc1. The lowest BCUT2D eigenvalue weighted by atomic mass is 9.88. The van der Waals surface area contributed by atoms with Gasteiger partial charge in [-0.1, -0.05) is 29.8 Å². The fourth-order valence-corrected chi connectivity index (χ4v) is 2.99. The Kier molecular flexibility index (Phi) is 4.68. The van der Waals surface area contributed by atoms with Crippen molar-refractivity contribution in [2.45, 2.75) is 58.1 Å². The van der Waals surface area contributed by atoms with Gasteiger partial charge in [-0.15, -0.1) is 0 Å². The molecule has 1 aliphatic heterocycles. The molecule has 1 amide bonds. The van der Waals surface area contributed by atoms with Gasteiger partial charge in [0.05, 0.1) is 0 Å². The zero-order chi connectivity index (χ0) is 17.3. The summed E-state index contributed by atoms with van der Waals surface area (Å²) in [6.45, 7) is 7.74. The standard InChI is InChI=1S/C18H25NO4/c1-13-6-8-14(9-7-13)12-18(15(20)21)10-5-11-19(18)16(22)23-17(2,3)4/h6-9H,5,10-12H2,1-4H3,(H,20,21). The first kappa shape index (κ1) is 17.3. The molecule has 1 unspecified atom stereocenters. The number of carboxylic acid groups (broad SMARTS) is 1. The van der Waals surface area contributed by atoms with Gasteiger partial charge >= 0.3 is 12.1 Å². The first-order valence-electron chi connectivity index (χ1n) is 7.94. The van der Waals surface area contributed by atoms with Crippen LogP contribution in [0.5, 0.6) is 0 Å². The molecule has 2 rings (SSSR count). The lowest BCUT2D eigenvalue weighted by Crippen LogP contribution is -2.55. The van der Waals surface area contributed by atoms with Gasteiger partial charge in [0.1, 0.15) is 11.1 Å². The summed E-state index contributed by atoms with van der Waals surface area (Å²) in [5, 5.41) is 9.85. The van der Waals surface area contributed by atoms with Gasteiger partial charge in [0.15, 0.2) is 0 Å². The van der Waals surface area contributed by atoms with Gasteiger partial charge in [-0.3, -0.25) is 4.90 Å². The Bertz CT molecular complexity index is 588. The summed E-state index contributed by atoms with van der Waals surface area (Å²) >= 11 is 0. The Labute approximate surface area is 137 Å². The highest BCUT2D eigenvalue weighted by Crippen LogP contribution is 2.34. The molecule has 1 N–H and O–H groups in total. The van der Waals surface area contributed by atoms with Crippen molar-refractivity contribution < 1.29 is 19.4 Å². The predicted octanol–water partition coefficient (Wildman–Crippen LogP) is 3.39. The van der Waals surface area contributed by atoms with Gasteiger partial charge in [0.2, 0.25) is 0 Å². The van der Waals surface area contributed by atoms with Gasteiger partial charge in [-0.05, 0) is 46.1 Å². The summed E-state index contributed by atoms with van der Waals surface area (Å²) in [4.78, 5) is 25.9. The molecule has 0 aliphatic carbocycles. The van der Waals surface area contributed by atoms with E-state index in [9.17, 15) is 14.7 Å². The van der Waals surface area contributed by atoms with Gasteiger partial charge in [-0.2, -0.15) is 0 Å². The fraction of sp³-hybridized carbons (Fsp3) is 0.556. The molecule has 1 aromatic rings. The topological polar surface area (TPSA) is 66.8 Å². The van der Waals surface area contributed by atoms with E-state index >= 15 is 0 Å². The summed E-state index contributed by atoms with van der Waals surface area (Å²) in [5.74, 6) is -0.971. The van der Waals surface area contributed by atoms with Crippen LogP contribution in [0.25, 0.3) is 0 Å². The highest BCUT2D eigenvalue weighted by molar-refractivity contribution is 5.85. The van der Waals surface area contributed by atoms with Crippen molar-refractivity contribution in [3.05, 3.63) is 35.4 Å². The maximum absolute atomic E-state index is 12.5. The lowest BCUT2D eigenvalue weighted by Gasteiger charge is -2.36. The number of aliphatic carboxylic acids is 1. The number of likely N-dealkylation sites (tertiary alicyclic amines) is 1. The quantitative estimate of drug-likeness (QED) is 0.927. The molecule has 5 nitrogen and oxygen atoms in total. The zero-order valence-corrected chi connectivity index (χ0v) is 14.3. The van der Waals surface area contributed by atoms with Crippen molar-refractivity contribution in [1.82, 2.24) is 4.90 Å². The Morgan fingerprint density at radius 2 is 1.87 bits per heavy atom. The van der Waals surface area contributed by atoms with Gasteiger partial charge < -0.3 is 9.84 Å². The molecule has 1 aromatic carbocycles. The van der Waals surface area contributed by atoms with Crippen LogP contribution >= 0.6 is 0 Å². The van der Waals surface area contributed by atoms with Gasteiger partial charge in [-0.25, -0.2) is 9.59 Å². The van der Waals surface area contributed by atoms with Crippen LogP contribution in [0.15, 0.2) is 24.3 Å². The number of benzene rings is 1. The zero-order valence-electron chi connectivity index (χ0n) is 14.3. The van der Waals surface area contributed by atoms with E-state index in [1.807, 2.05) is 31.2 Å². The number of carbonyl (C=O) groups excluding carboxylic acids is 1. The summed E-state index contributed by atoms with van der Waals surface area (Å²) in [5.41, 5.74) is 0.160. The number of amides is 1. The van der Waals surface area contributed by atoms with E-state index < -0.39 is 23.2 Å².